The van der Waals surface area contributed by atoms with Crippen molar-refractivity contribution < 1.29 is 24.5 Å². The summed E-state index contributed by atoms with van der Waals surface area (Å²) in [5.74, 6) is -1.52. The Kier molecular flexibility index (Phi) is 5.06. The zero-order valence-electron chi connectivity index (χ0n) is 9.79. The zero-order valence-corrected chi connectivity index (χ0v) is 9.79. The predicted molar refractivity (Wildman–Crippen MR) is 60.9 cm³/mol. The standard InChI is InChI=1S/C11H14N2O5/c1-2-18-11(17)9(6-14)13-10(16)7-3-8(15)5-12-4-7/h3-5,9,14-15H,2,6H2,1H3,(H,13,16)/t9-/m1/s1. The number of hydrogen-bond donors (Lipinski definition) is 3. The molecule has 0 saturated carbocycles. The lowest BCUT2D eigenvalue weighted by Gasteiger charge is -2.14. The molecular weight excluding hydrogens is 240 g/mol. The molecule has 1 heterocycles. The topological polar surface area (TPSA) is 109 Å². The number of carbonyl (C=O) groups excluding carboxylic acids is 2. The summed E-state index contributed by atoms with van der Waals surface area (Å²) in [4.78, 5) is 26.7. The van der Waals surface area contributed by atoms with Gasteiger partial charge in [-0.05, 0) is 13.0 Å². The Balaban J connectivity index is 2.70. The van der Waals surface area contributed by atoms with Gasteiger partial charge in [0.2, 0.25) is 0 Å². The number of carbonyl (C=O) groups is 2. The third kappa shape index (κ3) is 3.70. The molecule has 0 aliphatic carbocycles. The number of esters is 1. The summed E-state index contributed by atoms with van der Waals surface area (Å²) >= 11 is 0. The van der Waals surface area contributed by atoms with Crippen LogP contribution in [0, 0.1) is 0 Å². The van der Waals surface area contributed by atoms with Crippen molar-refractivity contribution in [3.8, 4) is 5.75 Å². The summed E-state index contributed by atoms with van der Waals surface area (Å²) in [5.41, 5.74) is 0.0812. The summed E-state index contributed by atoms with van der Waals surface area (Å²) in [7, 11) is 0. The zero-order chi connectivity index (χ0) is 13.5. The van der Waals surface area contributed by atoms with E-state index in [0.717, 1.165) is 0 Å². The minimum Gasteiger partial charge on any atom is -0.506 e. The number of nitrogens with zero attached hydrogens (tertiary/aromatic N) is 1. The van der Waals surface area contributed by atoms with Crippen LogP contribution in [0.15, 0.2) is 18.5 Å². The van der Waals surface area contributed by atoms with Gasteiger partial charge in [-0.25, -0.2) is 4.79 Å². The van der Waals surface area contributed by atoms with Gasteiger partial charge in [0.25, 0.3) is 5.91 Å². The van der Waals surface area contributed by atoms with Crippen molar-refractivity contribution in [1.82, 2.24) is 10.3 Å². The number of ether oxygens (including phenoxy) is 1. The molecule has 1 rings (SSSR count). The Hall–Kier alpha value is -2.15. The van der Waals surface area contributed by atoms with Crippen LogP contribution < -0.4 is 5.32 Å². The number of rotatable bonds is 5. The Morgan fingerprint density at radius 2 is 2.22 bits per heavy atom. The molecule has 18 heavy (non-hydrogen) atoms. The Morgan fingerprint density at radius 1 is 1.50 bits per heavy atom. The fourth-order valence-corrected chi connectivity index (χ4v) is 1.22. The van der Waals surface area contributed by atoms with Crippen LogP contribution in [0.3, 0.4) is 0 Å². The lowest BCUT2D eigenvalue weighted by Crippen LogP contribution is -2.44. The normalized spacial score (nSPS) is 11.7. The van der Waals surface area contributed by atoms with Crippen molar-refractivity contribution >= 4 is 11.9 Å². The van der Waals surface area contributed by atoms with Crippen molar-refractivity contribution in [2.45, 2.75) is 13.0 Å². The quantitative estimate of drug-likeness (QED) is 0.608. The van der Waals surface area contributed by atoms with Gasteiger partial charge in [-0.2, -0.15) is 0 Å². The van der Waals surface area contributed by atoms with E-state index in [2.05, 4.69) is 15.0 Å². The Morgan fingerprint density at radius 3 is 2.78 bits per heavy atom. The third-order valence-corrected chi connectivity index (χ3v) is 2.05. The highest BCUT2D eigenvalue weighted by molar-refractivity contribution is 5.96. The maximum absolute atomic E-state index is 11.7. The molecular formula is C11H14N2O5. The second-order valence-electron chi connectivity index (χ2n) is 3.39. The number of aliphatic hydroxyl groups excluding tert-OH is 1. The van der Waals surface area contributed by atoms with Crippen molar-refractivity contribution in [1.29, 1.82) is 0 Å². The summed E-state index contributed by atoms with van der Waals surface area (Å²) in [5, 5.41) is 20.4. The maximum atomic E-state index is 11.7. The maximum Gasteiger partial charge on any atom is 0.331 e. The van der Waals surface area contributed by atoms with E-state index in [0.29, 0.717) is 0 Å². The molecule has 1 amide bonds. The molecule has 3 N–H and O–H groups in total. The summed E-state index contributed by atoms with van der Waals surface area (Å²) in [6.07, 6.45) is 2.40. The highest BCUT2D eigenvalue weighted by atomic mass is 16.5. The number of aromatic hydroxyl groups is 1. The molecule has 7 nitrogen and oxygen atoms in total. The molecule has 1 atom stereocenters. The van der Waals surface area contributed by atoms with E-state index in [9.17, 15) is 9.59 Å². The van der Waals surface area contributed by atoms with Crippen LogP contribution in [0.1, 0.15) is 17.3 Å². The Bertz CT molecular complexity index is 435. The van der Waals surface area contributed by atoms with Crippen LogP contribution >= 0.6 is 0 Å². The monoisotopic (exact) mass is 254 g/mol. The van der Waals surface area contributed by atoms with Crippen molar-refractivity contribution in [3.63, 3.8) is 0 Å². The van der Waals surface area contributed by atoms with E-state index in [1.54, 1.807) is 6.92 Å². The first kappa shape index (κ1) is 13.9. The lowest BCUT2D eigenvalue weighted by atomic mass is 10.2. The van der Waals surface area contributed by atoms with Crippen LogP contribution in [0.5, 0.6) is 5.75 Å². The van der Waals surface area contributed by atoms with Crippen LogP contribution in [-0.4, -0.2) is 46.3 Å². The molecule has 0 radical (unpaired) electrons. The van der Waals surface area contributed by atoms with Gasteiger partial charge in [-0.1, -0.05) is 0 Å². The largest absolute Gasteiger partial charge is 0.506 e. The Labute approximate surface area is 103 Å². The van der Waals surface area contributed by atoms with Crippen molar-refractivity contribution in [2.75, 3.05) is 13.2 Å². The van der Waals surface area contributed by atoms with Crippen LogP contribution in [-0.2, 0) is 9.53 Å². The molecule has 98 valence electrons. The van der Waals surface area contributed by atoms with Gasteiger partial charge in [0.15, 0.2) is 6.04 Å². The first-order valence-electron chi connectivity index (χ1n) is 5.30. The summed E-state index contributed by atoms with van der Waals surface area (Å²) in [6, 6.07) is 0.0573. The number of aromatic nitrogens is 1. The minimum absolute atomic E-state index is 0.0812. The van der Waals surface area contributed by atoms with Crippen LogP contribution in [0.2, 0.25) is 0 Å². The molecule has 0 saturated heterocycles. The van der Waals surface area contributed by atoms with E-state index in [-0.39, 0.29) is 17.9 Å². The molecule has 1 aromatic rings. The first-order valence-corrected chi connectivity index (χ1v) is 5.30. The van der Waals surface area contributed by atoms with E-state index >= 15 is 0 Å². The number of pyridine rings is 1. The minimum atomic E-state index is -1.14. The van der Waals surface area contributed by atoms with Gasteiger partial charge >= 0.3 is 5.97 Å². The average Bonchev–Trinajstić information content (AvgIpc) is 2.35. The highest BCUT2D eigenvalue weighted by Crippen LogP contribution is 2.08. The highest BCUT2D eigenvalue weighted by Gasteiger charge is 2.21. The second-order valence-corrected chi connectivity index (χ2v) is 3.39. The van der Waals surface area contributed by atoms with Crippen molar-refractivity contribution in [3.05, 3.63) is 24.0 Å². The molecule has 0 unspecified atom stereocenters. The number of hydrogen-bond acceptors (Lipinski definition) is 6. The average molecular weight is 254 g/mol. The molecule has 0 spiro atoms. The van der Waals surface area contributed by atoms with Crippen molar-refractivity contribution in [2.24, 2.45) is 0 Å². The summed E-state index contributed by atoms with van der Waals surface area (Å²) < 4.78 is 4.68. The predicted octanol–water partition coefficient (Wildman–Crippen LogP) is -0.559. The van der Waals surface area contributed by atoms with Gasteiger partial charge < -0.3 is 20.3 Å². The van der Waals surface area contributed by atoms with Gasteiger partial charge in [0.1, 0.15) is 5.75 Å². The van der Waals surface area contributed by atoms with Gasteiger partial charge in [-0.15, -0.1) is 0 Å². The first-order chi connectivity index (χ1) is 8.58. The van der Waals surface area contributed by atoms with E-state index in [1.165, 1.54) is 18.5 Å². The van der Waals surface area contributed by atoms with E-state index < -0.39 is 24.5 Å². The van der Waals surface area contributed by atoms with Gasteiger partial charge in [0.05, 0.1) is 25.0 Å². The molecule has 0 aromatic carbocycles. The van der Waals surface area contributed by atoms with Crippen LogP contribution in [0.25, 0.3) is 0 Å². The molecule has 0 fully saturated rings. The number of nitrogens with one attached hydrogen (secondary N) is 1. The van der Waals surface area contributed by atoms with E-state index in [4.69, 9.17) is 10.2 Å². The molecule has 1 aromatic heterocycles. The molecule has 7 heteroatoms. The fourth-order valence-electron chi connectivity index (χ4n) is 1.22. The number of aliphatic hydroxyl groups is 1. The van der Waals surface area contributed by atoms with E-state index in [1.807, 2.05) is 0 Å². The van der Waals surface area contributed by atoms with Crippen LogP contribution in [0.4, 0.5) is 0 Å². The SMILES string of the molecule is CCOC(=O)[C@@H](CO)NC(=O)c1cncc(O)c1. The fraction of sp³-hybridized carbons (Fsp3) is 0.364. The number of amides is 1. The molecule has 0 bridgehead atoms. The smallest absolute Gasteiger partial charge is 0.331 e. The second kappa shape index (κ2) is 6.55. The molecule has 0 aliphatic rings. The lowest BCUT2D eigenvalue weighted by molar-refractivity contribution is -0.146. The molecule has 0 aliphatic heterocycles. The third-order valence-electron chi connectivity index (χ3n) is 2.05. The van der Waals surface area contributed by atoms with Gasteiger partial charge in [0, 0.05) is 6.20 Å². The summed E-state index contributed by atoms with van der Waals surface area (Å²) in [6.45, 7) is 1.20. The van der Waals surface area contributed by atoms with Gasteiger partial charge in [-0.3, -0.25) is 9.78 Å².